The summed E-state index contributed by atoms with van der Waals surface area (Å²) in [5.74, 6) is 0.278. The lowest BCUT2D eigenvalue weighted by molar-refractivity contribution is -0.136. The fourth-order valence-corrected chi connectivity index (χ4v) is 2.72. The zero-order valence-electron chi connectivity index (χ0n) is 7.97. The molecule has 2 rings (SSSR count). The first-order valence-corrected chi connectivity index (χ1v) is 4.96. The van der Waals surface area contributed by atoms with Gasteiger partial charge < -0.3 is 4.90 Å². The van der Waals surface area contributed by atoms with E-state index in [9.17, 15) is 4.79 Å². The summed E-state index contributed by atoms with van der Waals surface area (Å²) in [6.07, 6.45) is 6.25. The van der Waals surface area contributed by atoms with Crippen molar-refractivity contribution in [3.63, 3.8) is 0 Å². The van der Waals surface area contributed by atoms with Gasteiger partial charge in [0.1, 0.15) is 0 Å². The number of rotatable bonds is 0. The van der Waals surface area contributed by atoms with Crippen LogP contribution in [0, 0.1) is 0 Å². The van der Waals surface area contributed by atoms with Crippen LogP contribution in [0.2, 0.25) is 0 Å². The van der Waals surface area contributed by atoms with E-state index in [4.69, 9.17) is 0 Å². The number of hydrogen-bond acceptors (Lipinski definition) is 1. The van der Waals surface area contributed by atoms with Crippen LogP contribution in [-0.2, 0) is 4.79 Å². The molecule has 68 valence electrons. The normalized spacial score (nSPS) is 32.2. The van der Waals surface area contributed by atoms with Gasteiger partial charge in [-0.2, -0.15) is 0 Å². The minimum absolute atomic E-state index is 0.278. The van der Waals surface area contributed by atoms with E-state index in [1.54, 1.807) is 6.92 Å². The molecule has 0 aromatic rings. The minimum Gasteiger partial charge on any atom is -0.335 e. The SMILES string of the molecule is CC(=O)N1C(C)CCCC12CC2. The zero-order valence-corrected chi connectivity index (χ0v) is 7.97. The molecule has 1 heterocycles. The van der Waals surface area contributed by atoms with Gasteiger partial charge in [0, 0.05) is 18.5 Å². The van der Waals surface area contributed by atoms with Gasteiger partial charge in [-0.15, -0.1) is 0 Å². The van der Waals surface area contributed by atoms with Crippen LogP contribution in [0.25, 0.3) is 0 Å². The van der Waals surface area contributed by atoms with Crippen LogP contribution < -0.4 is 0 Å². The van der Waals surface area contributed by atoms with Crippen LogP contribution in [0.5, 0.6) is 0 Å². The van der Waals surface area contributed by atoms with Gasteiger partial charge in [-0.3, -0.25) is 4.79 Å². The van der Waals surface area contributed by atoms with Crippen molar-refractivity contribution >= 4 is 5.91 Å². The van der Waals surface area contributed by atoms with Gasteiger partial charge in [0.05, 0.1) is 0 Å². The van der Waals surface area contributed by atoms with E-state index in [0.29, 0.717) is 11.6 Å². The maximum Gasteiger partial charge on any atom is 0.220 e. The summed E-state index contributed by atoms with van der Waals surface area (Å²) in [6, 6.07) is 0.485. The number of carbonyl (C=O) groups excluding carboxylic acids is 1. The highest BCUT2D eigenvalue weighted by Gasteiger charge is 2.52. The second-order valence-electron chi connectivity index (χ2n) is 4.35. The Labute approximate surface area is 73.9 Å². The molecule has 1 unspecified atom stereocenters. The average molecular weight is 167 g/mol. The molecule has 2 nitrogen and oxygen atoms in total. The third-order valence-electron chi connectivity index (χ3n) is 3.38. The molecule has 1 aliphatic carbocycles. The van der Waals surface area contributed by atoms with Crippen molar-refractivity contribution < 1.29 is 4.79 Å². The number of piperidine rings is 1. The highest BCUT2D eigenvalue weighted by atomic mass is 16.2. The number of likely N-dealkylation sites (tertiary alicyclic amines) is 1. The largest absolute Gasteiger partial charge is 0.335 e. The highest BCUT2D eigenvalue weighted by molar-refractivity contribution is 5.75. The summed E-state index contributed by atoms with van der Waals surface area (Å²) in [7, 11) is 0. The second-order valence-corrected chi connectivity index (χ2v) is 4.35. The van der Waals surface area contributed by atoms with E-state index in [1.807, 2.05) is 0 Å². The van der Waals surface area contributed by atoms with Gasteiger partial charge in [-0.25, -0.2) is 0 Å². The molecular weight excluding hydrogens is 150 g/mol. The predicted molar refractivity (Wildman–Crippen MR) is 47.8 cm³/mol. The van der Waals surface area contributed by atoms with E-state index in [2.05, 4.69) is 11.8 Å². The second kappa shape index (κ2) is 2.48. The van der Waals surface area contributed by atoms with Gasteiger partial charge >= 0.3 is 0 Å². The fraction of sp³-hybridized carbons (Fsp3) is 0.900. The molecule has 1 saturated carbocycles. The van der Waals surface area contributed by atoms with Crippen molar-refractivity contribution in [1.82, 2.24) is 4.90 Å². The van der Waals surface area contributed by atoms with Gasteiger partial charge in [0.2, 0.25) is 5.91 Å². The Morgan fingerprint density at radius 2 is 2.08 bits per heavy atom. The monoisotopic (exact) mass is 167 g/mol. The van der Waals surface area contributed by atoms with E-state index in [1.165, 1.54) is 32.1 Å². The first-order valence-electron chi connectivity index (χ1n) is 4.96. The number of amides is 1. The van der Waals surface area contributed by atoms with Crippen molar-refractivity contribution in [2.75, 3.05) is 0 Å². The van der Waals surface area contributed by atoms with E-state index in [0.717, 1.165) is 0 Å². The summed E-state index contributed by atoms with van der Waals surface area (Å²) in [5, 5.41) is 0. The molecule has 1 amide bonds. The van der Waals surface area contributed by atoms with Crippen LogP contribution in [-0.4, -0.2) is 22.4 Å². The van der Waals surface area contributed by atoms with E-state index < -0.39 is 0 Å². The molecule has 12 heavy (non-hydrogen) atoms. The first-order chi connectivity index (χ1) is 5.66. The van der Waals surface area contributed by atoms with Crippen molar-refractivity contribution in [3.05, 3.63) is 0 Å². The lowest BCUT2D eigenvalue weighted by Gasteiger charge is -2.41. The number of carbonyl (C=O) groups is 1. The summed E-state index contributed by atoms with van der Waals surface area (Å²) in [4.78, 5) is 13.5. The van der Waals surface area contributed by atoms with Crippen molar-refractivity contribution in [1.29, 1.82) is 0 Å². The summed E-state index contributed by atoms with van der Waals surface area (Å²) in [5.41, 5.74) is 0.323. The molecule has 2 aliphatic rings. The van der Waals surface area contributed by atoms with Gasteiger partial charge in [-0.1, -0.05) is 0 Å². The summed E-state index contributed by atoms with van der Waals surface area (Å²) >= 11 is 0. The van der Waals surface area contributed by atoms with Crippen molar-refractivity contribution in [2.45, 2.75) is 57.5 Å². The van der Waals surface area contributed by atoms with Crippen molar-refractivity contribution in [3.8, 4) is 0 Å². The number of hydrogen-bond donors (Lipinski definition) is 0. The van der Waals surface area contributed by atoms with Crippen LogP contribution >= 0.6 is 0 Å². The molecule has 1 aliphatic heterocycles. The first kappa shape index (κ1) is 8.09. The third kappa shape index (κ3) is 1.05. The Morgan fingerprint density at radius 1 is 1.42 bits per heavy atom. The minimum atomic E-state index is 0.278. The summed E-state index contributed by atoms with van der Waals surface area (Å²) in [6.45, 7) is 3.89. The topological polar surface area (TPSA) is 20.3 Å². The molecule has 0 aromatic carbocycles. The summed E-state index contributed by atoms with van der Waals surface area (Å²) < 4.78 is 0. The maximum absolute atomic E-state index is 11.4. The van der Waals surface area contributed by atoms with Crippen LogP contribution in [0.15, 0.2) is 0 Å². The van der Waals surface area contributed by atoms with Crippen LogP contribution in [0.4, 0.5) is 0 Å². The average Bonchev–Trinajstić information content (AvgIpc) is 2.68. The Kier molecular flexibility index (Phi) is 1.67. The molecule has 1 atom stereocenters. The van der Waals surface area contributed by atoms with Crippen LogP contribution in [0.1, 0.15) is 46.0 Å². The molecule has 2 fully saturated rings. The predicted octanol–water partition coefficient (Wildman–Crippen LogP) is 1.94. The smallest absolute Gasteiger partial charge is 0.220 e. The fourth-order valence-electron chi connectivity index (χ4n) is 2.72. The Balaban J connectivity index is 2.17. The highest BCUT2D eigenvalue weighted by Crippen LogP contribution is 2.49. The molecule has 2 heteroatoms. The number of nitrogens with zero attached hydrogens (tertiary/aromatic N) is 1. The molecular formula is C10H17NO. The zero-order chi connectivity index (χ0) is 8.77. The quantitative estimate of drug-likeness (QED) is 0.540. The molecule has 0 radical (unpaired) electrons. The Morgan fingerprint density at radius 3 is 2.50 bits per heavy atom. The van der Waals surface area contributed by atoms with Gasteiger partial charge in [0.15, 0.2) is 0 Å². The van der Waals surface area contributed by atoms with E-state index in [-0.39, 0.29) is 5.91 Å². The Bertz CT molecular complexity index is 208. The molecule has 1 saturated heterocycles. The lowest BCUT2D eigenvalue weighted by atomic mass is 9.94. The lowest BCUT2D eigenvalue weighted by Crippen LogP contribution is -2.49. The molecule has 0 aromatic heterocycles. The molecule has 1 spiro atoms. The van der Waals surface area contributed by atoms with Gasteiger partial charge in [0.25, 0.3) is 0 Å². The molecule has 0 bridgehead atoms. The standard InChI is InChI=1S/C10H17NO/c1-8-4-3-5-10(6-7-10)11(8)9(2)12/h8H,3-7H2,1-2H3. The van der Waals surface area contributed by atoms with Crippen LogP contribution in [0.3, 0.4) is 0 Å². The Hall–Kier alpha value is -0.530. The maximum atomic E-state index is 11.4. The van der Waals surface area contributed by atoms with Gasteiger partial charge in [-0.05, 0) is 39.0 Å². The third-order valence-corrected chi connectivity index (χ3v) is 3.38. The van der Waals surface area contributed by atoms with Crippen molar-refractivity contribution in [2.24, 2.45) is 0 Å². The molecule has 0 N–H and O–H groups in total. The van der Waals surface area contributed by atoms with E-state index >= 15 is 0 Å².